The van der Waals surface area contributed by atoms with E-state index in [0.29, 0.717) is 4.88 Å². The Morgan fingerprint density at radius 3 is 2.95 bits per heavy atom. The number of hydroxylamine groups is 3. The summed E-state index contributed by atoms with van der Waals surface area (Å²) in [6.45, 7) is 3.81. The third kappa shape index (κ3) is 2.84. The van der Waals surface area contributed by atoms with E-state index in [1.807, 2.05) is 24.6 Å². The number of carbonyl (C=O) groups excluding carboxylic acids is 1. The topological polar surface area (TPSA) is 29.5 Å². The highest BCUT2D eigenvalue weighted by atomic mass is 32.1. The lowest BCUT2D eigenvalue weighted by Gasteiger charge is -2.32. The van der Waals surface area contributed by atoms with Gasteiger partial charge in [0.1, 0.15) is 18.5 Å². The van der Waals surface area contributed by atoms with Gasteiger partial charge in [-0.15, -0.1) is 27.3 Å². The number of rotatable bonds is 4. The van der Waals surface area contributed by atoms with Gasteiger partial charge in [-0.25, -0.2) is 9.69 Å². The van der Waals surface area contributed by atoms with Crippen molar-refractivity contribution >= 4 is 28.6 Å². The molecule has 1 fully saturated rings. The molecule has 0 N–H and O–H groups in total. The van der Waals surface area contributed by atoms with Crippen LogP contribution >= 0.6 is 22.7 Å². The second kappa shape index (κ2) is 6.12. The van der Waals surface area contributed by atoms with E-state index in [4.69, 9.17) is 4.84 Å². The molecule has 1 aliphatic heterocycles. The molecule has 3 heterocycles. The van der Waals surface area contributed by atoms with Crippen molar-refractivity contribution < 1.29 is 14.3 Å². The molecule has 4 nitrogen and oxygen atoms in total. The molecule has 2 aromatic heterocycles. The van der Waals surface area contributed by atoms with Crippen LogP contribution in [-0.4, -0.2) is 42.7 Å². The highest BCUT2D eigenvalue weighted by Crippen LogP contribution is 2.37. The van der Waals surface area contributed by atoms with E-state index in [-0.39, 0.29) is 16.8 Å². The Hall–Kier alpha value is -1.21. The van der Waals surface area contributed by atoms with Gasteiger partial charge in [-0.3, -0.25) is 4.84 Å². The highest BCUT2D eigenvalue weighted by molar-refractivity contribution is 7.12. The quantitative estimate of drug-likeness (QED) is 0.799. The van der Waals surface area contributed by atoms with Crippen LogP contribution in [0.5, 0.6) is 0 Å². The summed E-state index contributed by atoms with van der Waals surface area (Å²) in [5.74, 6) is -0.218. The maximum absolute atomic E-state index is 12.5. The van der Waals surface area contributed by atoms with Crippen molar-refractivity contribution in [1.82, 2.24) is 4.90 Å². The first-order chi connectivity index (χ1) is 10.5. The van der Waals surface area contributed by atoms with Crippen LogP contribution < -0.4 is 0 Å². The Morgan fingerprint density at radius 1 is 1.50 bits per heavy atom. The predicted octanol–water partition coefficient (Wildman–Crippen LogP) is 3.53. The summed E-state index contributed by atoms with van der Waals surface area (Å²) in [6, 6.07) is 6.10. The lowest BCUT2D eigenvalue weighted by Crippen LogP contribution is -2.46. The summed E-state index contributed by atoms with van der Waals surface area (Å²) < 4.78 is 0.287. The number of hydrogen-bond acceptors (Lipinski definition) is 5. The first-order valence-corrected chi connectivity index (χ1v) is 9.19. The standard InChI is InChI=1S/C16H21N2O2S2/c1-4-12-10-14(22-11-12)16(19)20-18(3)8-7-17(2)15(18)13-6-5-9-21-13/h5-6,9-11,15H,4,7-8H2,1-3H3/q+1. The molecule has 0 spiro atoms. The van der Waals surface area contributed by atoms with E-state index in [1.54, 1.807) is 11.3 Å². The summed E-state index contributed by atoms with van der Waals surface area (Å²) in [5.41, 5.74) is 1.19. The van der Waals surface area contributed by atoms with Crippen molar-refractivity contribution in [3.8, 4) is 0 Å². The van der Waals surface area contributed by atoms with Crippen LogP contribution in [0.3, 0.4) is 0 Å². The molecule has 0 saturated carbocycles. The smallest absolute Gasteiger partial charge is 0.269 e. The molecular formula is C16H21N2O2S2+. The molecule has 22 heavy (non-hydrogen) atoms. The number of quaternary nitrogens is 1. The van der Waals surface area contributed by atoms with E-state index in [2.05, 4.69) is 30.3 Å². The average Bonchev–Trinajstić information content (AvgIpc) is 3.19. The van der Waals surface area contributed by atoms with Crippen LogP contribution in [0, 0.1) is 0 Å². The number of hydrogen-bond donors (Lipinski definition) is 0. The maximum Gasteiger partial charge on any atom is 0.407 e. The minimum absolute atomic E-state index is 0.0783. The Bertz CT molecular complexity index is 653. The first kappa shape index (κ1) is 15.7. The second-order valence-corrected chi connectivity index (χ2v) is 7.71. The minimum Gasteiger partial charge on any atom is -0.269 e. The minimum atomic E-state index is -0.218. The van der Waals surface area contributed by atoms with E-state index in [1.165, 1.54) is 21.8 Å². The van der Waals surface area contributed by atoms with Crippen molar-refractivity contribution in [2.24, 2.45) is 0 Å². The van der Waals surface area contributed by atoms with Crippen molar-refractivity contribution in [1.29, 1.82) is 0 Å². The van der Waals surface area contributed by atoms with Crippen LogP contribution in [-0.2, 0) is 11.3 Å². The highest BCUT2D eigenvalue weighted by Gasteiger charge is 2.48. The molecule has 0 radical (unpaired) electrons. The lowest BCUT2D eigenvalue weighted by atomic mass is 10.2. The van der Waals surface area contributed by atoms with Crippen molar-refractivity contribution in [2.75, 3.05) is 27.2 Å². The Kier molecular flexibility index (Phi) is 4.36. The summed E-state index contributed by atoms with van der Waals surface area (Å²) in [7, 11) is 4.09. The van der Waals surface area contributed by atoms with Gasteiger partial charge in [0, 0.05) is 0 Å². The van der Waals surface area contributed by atoms with Gasteiger partial charge in [-0.1, -0.05) is 13.0 Å². The van der Waals surface area contributed by atoms with Gasteiger partial charge in [-0.05, 0) is 41.9 Å². The fourth-order valence-corrected chi connectivity index (χ4v) is 4.80. The Labute approximate surface area is 139 Å². The zero-order valence-electron chi connectivity index (χ0n) is 13.1. The van der Waals surface area contributed by atoms with Gasteiger partial charge in [0.15, 0.2) is 0 Å². The molecule has 0 bridgehead atoms. The molecule has 0 aliphatic carbocycles. The molecule has 2 aromatic rings. The van der Waals surface area contributed by atoms with Crippen LogP contribution in [0.4, 0.5) is 0 Å². The van der Waals surface area contributed by atoms with Gasteiger partial charge in [0.05, 0.1) is 11.4 Å². The monoisotopic (exact) mass is 337 g/mol. The second-order valence-electron chi connectivity index (χ2n) is 5.82. The summed E-state index contributed by atoms with van der Waals surface area (Å²) in [5, 5.41) is 4.10. The predicted molar refractivity (Wildman–Crippen MR) is 89.9 cm³/mol. The largest absolute Gasteiger partial charge is 0.407 e. The number of thiophene rings is 2. The molecule has 1 aliphatic rings. The van der Waals surface area contributed by atoms with Crippen molar-refractivity contribution in [3.63, 3.8) is 0 Å². The van der Waals surface area contributed by atoms with Gasteiger partial charge < -0.3 is 0 Å². The SMILES string of the molecule is CCc1csc(C(=O)O[N+]2(C)CCN(C)C2c2cccs2)c1. The third-order valence-corrected chi connectivity index (χ3v) is 6.06. The summed E-state index contributed by atoms with van der Waals surface area (Å²) in [4.78, 5) is 22.6. The normalized spacial score (nSPS) is 25.5. The summed E-state index contributed by atoms with van der Waals surface area (Å²) >= 11 is 3.18. The fraction of sp³-hybridized carbons (Fsp3) is 0.438. The molecule has 0 amide bonds. The van der Waals surface area contributed by atoms with E-state index >= 15 is 0 Å². The van der Waals surface area contributed by atoms with Gasteiger partial charge in [0.2, 0.25) is 6.17 Å². The molecular weight excluding hydrogens is 316 g/mol. The number of likely N-dealkylation sites (N-methyl/N-ethyl adjacent to an activating group) is 2. The third-order valence-electron chi connectivity index (χ3n) is 4.18. The first-order valence-electron chi connectivity index (χ1n) is 7.43. The van der Waals surface area contributed by atoms with E-state index in [0.717, 1.165) is 19.5 Å². The van der Waals surface area contributed by atoms with Gasteiger partial charge in [-0.2, -0.15) is 0 Å². The molecule has 1 saturated heterocycles. The van der Waals surface area contributed by atoms with Crippen LogP contribution in [0.15, 0.2) is 29.0 Å². The van der Waals surface area contributed by atoms with E-state index in [9.17, 15) is 4.79 Å². The number of aryl methyl sites for hydroxylation is 1. The summed E-state index contributed by atoms with van der Waals surface area (Å²) in [6.07, 6.45) is 1.02. The van der Waals surface area contributed by atoms with Crippen LogP contribution in [0.2, 0.25) is 0 Å². The van der Waals surface area contributed by atoms with Crippen LogP contribution in [0.1, 0.15) is 33.2 Å². The molecule has 6 heteroatoms. The lowest BCUT2D eigenvalue weighted by molar-refractivity contribution is -1.09. The average molecular weight is 337 g/mol. The van der Waals surface area contributed by atoms with Gasteiger partial charge in [0.25, 0.3) is 0 Å². The fourth-order valence-electron chi connectivity index (χ4n) is 2.94. The molecule has 3 rings (SSSR count). The zero-order valence-corrected chi connectivity index (χ0v) is 14.7. The maximum atomic E-state index is 12.5. The van der Waals surface area contributed by atoms with Crippen LogP contribution in [0.25, 0.3) is 0 Å². The molecule has 2 unspecified atom stereocenters. The van der Waals surface area contributed by atoms with E-state index < -0.39 is 0 Å². The number of carbonyl (C=O) groups is 1. The molecule has 118 valence electrons. The Balaban J connectivity index is 1.81. The number of nitrogens with zero attached hydrogens (tertiary/aromatic N) is 2. The van der Waals surface area contributed by atoms with Crippen molar-refractivity contribution in [2.45, 2.75) is 19.5 Å². The zero-order chi connectivity index (χ0) is 15.7. The molecule has 2 atom stereocenters. The van der Waals surface area contributed by atoms with Crippen molar-refractivity contribution in [3.05, 3.63) is 44.3 Å². The van der Waals surface area contributed by atoms with Gasteiger partial charge >= 0.3 is 5.97 Å². The Morgan fingerprint density at radius 2 is 2.32 bits per heavy atom. The molecule has 0 aromatic carbocycles.